The van der Waals surface area contributed by atoms with E-state index in [1.165, 1.54) is 4.68 Å². The van der Waals surface area contributed by atoms with Crippen molar-refractivity contribution in [3.05, 3.63) is 27.2 Å². The molecular weight excluding hydrogens is 254 g/mol. The Kier molecular flexibility index (Phi) is 2.62. The first-order valence-corrected chi connectivity index (χ1v) is 7.09. The molecule has 5 nitrogen and oxygen atoms in total. The lowest BCUT2D eigenvalue weighted by atomic mass is 10.0. The Morgan fingerprint density at radius 1 is 1.25 bits per heavy atom. The predicted octanol–water partition coefficient (Wildman–Crippen LogP) is 1.13. The molecule has 2 atom stereocenters. The van der Waals surface area contributed by atoms with Gasteiger partial charge in [0.2, 0.25) is 0 Å². The van der Waals surface area contributed by atoms with Crippen molar-refractivity contribution < 1.29 is 4.79 Å². The number of aryl methyl sites for hydroxylation is 2. The summed E-state index contributed by atoms with van der Waals surface area (Å²) in [5.41, 5.74) is 1.81. The minimum atomic E-state index is -0.294. The maximum Gasteiger partial charge on any atom is 0.279 e. The number of hydrogen-bond acceptors (Lipinski definition) is 3. The van der Waals surface area contributed by atoms with Crippen molar-refractivity contribution in [3.63, 3.8) is 0 Å². The highest BCUT2D eigenvalue weighted by Gasteiger charge is 2.62. The smallest absolute Gasteiger partial charge is 0.279 e. The average Bonchev–Trinajstić information content (AvgIpc) is 2.79. The summed E-state index contributed by atoms with van der Waals surface area (Å²) in [5, 5.41) is 4.12. The molecule has 1 aliphatic heterocycles. The Balaban J connectivity index is 1.92. The fourth-order valence-electron chi connectivity index (χ4n) is 3.56. The van der Waals surface area contributed by atoms with E-state index in [-0.39, 0.29) is 11.5 Å². The second-order valence-electron chi connectivity index (χ2n) is 6.76. The van der Waals surface area contributed by atoms with E-state index in [0.717, 1.165) is 18.8 Å². The molecule has 0 spiro atoms. The van der Waals surface area contributed by atoms with Crippen LogP contribution in [-0.4, -0.2) is 33.7 Å². The van der Waals surface area contributed by atoms with E-state index in [0.29, 0.717) is 28.4 Å². The van der Waals surface area contributed by atoms with Crippen molar-refractivity contribution in [2.24, 2.45) is 24.3 Å². The normalized spacial score (nSPS) is 26.6. The number of piperidine rings is 1. The number of rotatable bonds is 1. The quantitative estimate of drug-likeness (QED) is 0.772. The third-order valence-electron chi connectivity index (χ3n) is 5.35. The molecule has 3 rings (SSSR count). The van der Waals surface area contributed by atoms with Gasteiger partial charge in [0.15, 0.2) is 0 Å². The van der Waals surface area contributed by atoms with Crippen molar-refractivity contribution in [2.45, 2.75) is 27.7 Å². The monoisotopic (exact) mass is 275 g/mol. The van der Waals surface area contributed by atoms with Crippen LogP contribution in [-0.2, 0) is 7.05 Å². The zero-order chi connectivity index (χ0) is 14.8. The molecular formula is C15H21N3O2. The third kappa shape index (κ3) is 1.65. The van der Waals surface area contributed by atoms with Crippen molar-refractivity contribution in [1.82, 2.24) is 14.7 Å². The van der Waals surface area contributed by atoms with Crippen LogP contribution < -0.4 is 5.56 Å². The number of nitrogens with zero attached hydrogens (tertiary/aromatic N) is 3. The lowest BCUT2D eigenvalue weighted by molar-refractivity contribution is 0.0754. The van der Waals surface area contributed by atoms with Crippen LogP contribution in [0.5, 0.6) is 0 Å². The third-order valence-corrected chi connectivity index (χ3v) is 5.35. The number of fused-ring (bicyclic) bond motifs is 1. The van der Waals surface area contributed by atoms with Crippen LogP contribution in [0, 0.1) is 31.1 Å². The number of hydrogen-bond donors (Lipinski definition) is 0. The highest BCUT2D eigenvalue weighted by Crippen LogP contribution is 2.62. The van der Waals surface area contributed by atoms with Crippen LogP contribution >= 0.6 is 0 Å². The van der Waals surface area contributed by atoms with Crippen LogP contribution in [0.3, 0.4) is 0 Å². The molecule has 2 fully saturated rings. The van der Waals surface area contributed by atoms with Gasteiger partial charge in [-0.25, -0.2) is 4.68 Å². The van der Waals surface area contributed by atoms with E-state index in [4.69, 9.17) is 0 Å². The Morgan fingerprint density at radius 2 is 1.80 bits per heavy atom. The van der Waals surface area contributed by atoms with Gasteiger partial charge in [-0.15, -0.1) is 0 Å². The van der Waals surface area contributed by atoms with Crippen LogP contribution in [0.25, 0.3) is 0 Å². The molecule has 0 aromatic carbocycles. The van der Waals surface area contributed by atoms with Gasteiger partial charge in [-0.2, -0.15) is 5.10 Å². The minimum Gasteiger partial charge on any atom is -0.338 e. The molecule has 0 radical (unpaired) electrons. The first-order chi connectivity index (χ1) is 9.25. The standard InChI is InChI=1S/C15H21N3O2/c1-8-9(2)16-17(5)13(19)12(8)14(20)18-6-10-11(7-18)15(10,3)4/h10-11H,6-7H2,1-5H3. The van der Waals surface area contributed by atoms with Gasteiger partial charge in [-0.3, -0.25) is 9.59 Å². The van der Waals surface area contributed by atoms with Gasteiger partial charge in [0.25, 0.3) is 11.5 Å². The zero-order valence-corrected chi connectivity index (χ0v) is 12.7. The molecule has 1 saturated carbocycles. The highest BCUT2D eigenvalue weighted by molar-refractivity contribution is 5.95. The van der Waals surface area contributed by atoms with E-state index in [1.54, 1.807) is 14.0 Å². The van der Waals surface area contributed by atoms with Crippen LogP contribution in [0.2, 0.25) is 0 Å². The molecule has 2 aliphatic rings. The summed E-state index contributed by atoms with van der Waals surface area (Å²) >= 11 is 0. The van der Waals surface area contributed by atoms with Crippen molar-refractivity contribution in [2.75, 3.05) is 13.1 Å². The average molecular weight is 275 g/mol. The second kappa shape index (κ2) is 3.93. The maximum absolute atomic E-state index is 12.7. The summed E-state index contributed by atoms with van der Waals surface area (Å²) in [6, 6.07) is 0. The van der Waals surface area contributed by atoms with Crippen LogP contribution in [0.4, 0.5) is 0 Å². The lowest BCUT2D eigenvalue weighted by Gasteiger charge is -2.23. The van der Waals surface area contributed by atoms with E-state index in [9.17, 15) is 9.59 Å². The number of likely N-dealkylation sites (tertiary alicyclic amines) is 1. The van der Waals surface area contributed by atoms with Crippen molar-refractivity contribution in [3.8, 4) is 0 Å². The predicted molar refractivity (Wildman–Crippen MR) is 75.6 cm³/mol. The molecule has 2 heterocycles. The van der Waals surface area contributed by atoms with E-state index in [1.807, 2.05) is 11.8 Å². The van der Waals surface area contributed by atoms with Crippen LogP contribution in [0.1, 0.15) is 35.5 Å². The lowest BCUT2D eigenvalue weighted by Crippen LogP contribution is -2.39. The zero-order valence-electron chi connectivity index (χ0n) is 12.7. The molecule has 20 heavy (non-hydrogen) atoms. The summed E-state index contributed by atoms with van der Waals surface area (Å²) in [7, 11) is 1.59. The first kappa shape index (κ1) is 13.3. The first-order valence-electron chi connectivity index (χ1n) is 7.09. The van der Waals surface area contributed by atoms with Gasteiger partial charge < -0.3 is 4.90 Å². The molecule has 108 valence electrons. The Labute approximate surface area is 118 Å². The SMILES string of the molecule is Cc1nn(C)c(=O)c(C(=O)N2CC3C(C2)C3(C)C)c1C. The fraction of sp³-hybridized carbons (Fsp3) is 0.667. The number of carbonyl (C=O) groups is 1. The van der Waals surface area contributed by atoms with E-state index >= 15 is 0 Å². The molecule has 5 heteroatoms. The van der Waals surface area contributed by atoms with Crippen molar-refractivity contribution >= 4 is 5.91 Å². The highest BCUT2D eigenvalue weighted by atomic mass is 16.2. The largest absolute Gasteiger partial charge is 0.338 e. The summed E-state index contributed by atoms with van der Waals surface area (Å²) in [5.74, 6) is 1.06. The topological polar surface area (TPSA) is 55.2 Å². The molecule has 1 aromatic heterocycles. The molecule has 0 N–H and O–H groups in total. The number of carbonyl (C=O) groups excluding carboxylic acids is 1. The number of aromatic nitrogens is 2. The Bertz CT molecular complexity index is 646. The minimum absolute atomic E-state index is 0.128. The van der Waals surface area contributed by atoms with Gasteiger partial charge >= 0.3 is 0 Å². The fourth-order valence-corrected chi connectivity index (χ4v) is 3.56. The second-order valence-corrected chi connectivity index (χ2v) is 6.76. The Hall–Kier alpha value is -1.65. The molecule has 2 unspecified atom stereocenters. The van der Waals surface area contributed by atoms with Gasteiger partial charge in [0, 0.05) is 20.1 Å². The van der Waals surface area contributed by atoms with Gasteiger partial charge in [0.05, 0.1) is 5.69 Å². The summed E-state index contributed by atoms with van der Waals surface area (Å²) < 4.78 is 1.26. The van der Waals surface area contributed by atoms with Crippen LogP contribution in [0.15, 0.2) is 4.79 Å². The molecule has 1 aliphatic carbocycles. The van der Waals surface area contributed by atoms with Crippen molar-refractivity contribution in [1.29, 1.82) is 0 Å². The molecule has 1 aromatic rings. The summed E-state index contributed by atoms with van der Waals surface area (Å²) in [4.78, 5) is 26.7. The van der Waals surface area contributed by atoms with Gasteiger partial charge in [0.1, 0.15) is 5.56 Å². The van der Waals surface area contributed by atoms with Gasteiger partial charge in [-0.1, -0.05) is 13.8 Å². The van der Waals surface area contributed by atoms with Gasteiger partial charge in [-0.05, 0) is 36.7 Å². The molecule has 1 saturated heterocycles. The summed E-state index contributed by atoms with van der Waals surface area (Å²) in [6.07, 6.45) is 0. The van der Waals surface area contributed by atoms with E-state index < -0.39 is 0 Å². The Morgan fingerprint density at radius 3 is 2.35 bits per heavy atom. The molecule has 0 bridgehead atoms. The maximum atomic E-state index is 12.7. The number of amides is 1. The molecule has 1 amide bonds. The summed E-state index contributed by atoms with van der Waals surface area (Å²) in [6.45, 7) is 9.70. The van der Waals surface area contributed by atoms with E-state index in [2.05, 4.69) is 18.9 Å².